The van der Waals surface area contributed by atoms with Crippen molar-refractivity contribution in [1.82, 2.24) is 20.1 Å². The molecule has 8 nitrogen and oxygen atoms in total. The van der Waals surface area contributed by atoms with E-state index in [1.807, 2.05) is 65.6 Å². The number of pyridine rings is 1. The summed E-state index contributed by atoms with van der Waals surface area (Å²) in [6, 6.07) is 28.3. The molecule has 1 N–H and O–H groups in total. The van der Waals surface area contributed by atoms with Crippen molar-refractivity contribution in [3.63, 3.8) is 0 Å². The molecule has 2 amide bonds. The Labute approximate surface area is 247 Å². The minimum absolute atomic E-state index is 0.0564. The van der Waals surface area contributed by atoms with E-state index in [1.165, 1.54) is 0 Å². The van der Waals surface area contributed by atoms with Crippen LogP contribution in [0.3, 0.4) is 0 Å². The van der Waals surface area contributed by atoms with E-state index in [4.69, 9.17) is 9.47 Å². The maximum Gasteiger partial charge on any atom is 0.256 e. The van der Waals surface area contributed by atoms with Gasteiger partial charge in [-0.2, -0.15) is 0 Å². The smallest absolute Gasteiger partial charge is 0.256 e. The molecule has 5 rings (SSSR count). The molecule has 1 unspecified atom stereocenters. The first-order chi connectivity index (χ1) is 20.7. The molecule has 1 aliphatic heterocycles. The molecule has 1 fully saturated rings. The van der Waals surface area contributed by atoms with Crippen LogP contribution < -0.4 is 5.32 Å². The second kappa shape index (κ2) is 14.7. The third-order valence-corrected chi connectivity index (χ3v) is 7.70. The lowest BCUT2D eigenvalue weighted by Gasteiger charge is -2.45. The topological polar surface area (TPSA) is 84.0 Å². The van der Waals surface area contributed by atoms with Gasteiger partial charge in [0, 0.05) is 63.5 Å². The molecule has 2 heterocycles. The van der Waals surface area contributed by atoms with E-state index in [9.17, 15) is 9.59 Å². The normalized spacial score (nSPS) is 15.7. The van der Waals surface area contributed by atoms with Crippen LogP contribution >= 0.6 is 0 Å². The van der Waals surface area contributed by atoms with Crippen molar-refractivity contribution in [2.45, 2.75) is 18.5 Å². The molecular weight excluding hydrogens is 528 g/mol. The van der Waals surface area contributed by atoms with Gasteiger partial charge in [0.1, 0.15) is 0 Å². The van der Waals surface area contributed by atoms with Gasteiger partial charge >= 0.3 is 0 Å². The molecule has 1 atom stereocenters. The molecule has 8 heteroatoms. The summed E-state index contributed by atoms with van der Waals surface area (Å²) in [5.74, 6) is -0.131. The van der Waals surface area contributed by atoms with Crippen LogP contribution in [0.5, 0.6) is 0 Å². The maximum atomic E-state index is 13.9. The van der Waals surface area contributed by atoms with E-state index in [0.29, 0.717) is 51.6 Å². The van der Waals surface area contributed by atoms with Gasteiger partial charge in [-0.15, -0.1) is 0 Å². The van der Waals surface area contributed by atoms with Gasteiger partial charge in [0.15, 0.2) is 0 Å². The highest BCUT2D eigenvalue weighted by Crippen LogP contribution is 2.33. The fourth-order valence-corrected chi connectivity index (χ4v) is 5.67. The van der Waals surface area contributed by atoms with Crippen molar-refractivity contribution < 1.29 is 19.1 Å². The maximum absolute atomic E-state index is 13.9. The average molecular weight is 567 g/mol. The Morgan fingerprint density at radius 2 is 1.57 bits per heavy atom. The first-order valence-electron chi connectivity index (χ1n) is 14.5. The van der Waals surface area contributed by atoms with Gasteiger partial charge in [-0.1, -0.05) is 84.9 Å². The first-order valence-corrected chi connectivity index (χ1v) is 14.5. The highest BCUT2D eigenvalue weighted by Gasteiger charge is 2.36. The molecule has 218 valence electrons. The highest BCUT2D eigenvalue weighted by atomic mass is 16.5. The number of rotatable bonds is 12. The Morgan fingerprint density at radius 1 is 0.881 bits per heavy atom. The predicted octanol–water partition coefficient (Wildman–Crippen LogP) is 4.32. The van der Waals surface area contributed by atoms with Gasteiger partial charge in [-0.3, -0.25) is 19.5 Å². The Hall–Kier alpha value is -4.11. The lowest BCUT2D eigenvalue weighted by atomic mass is 9.93. The molecule has 1 aliphatic rings. The van der Waals surface area contributed by atoms with Crippen LogP contribution in [-0.4, -0.2) is 85.7 Å². The summed E-state index contributed by atoms with van der Waals surface area (Å²) in [5, 5.41) is 4.81. The highest BCUT2D eigenvalue weighted by molar-refractivity contribution is 6.06. The predicted molar refractivity (Wildman–Crippen MR) is 163 cm³/mol. The summed E-state index contributed by atoms with van der Waals surface area (Å²) in [4.78, 5) is 35.7. The van der Waals surface area contributed by atoms with E-state index < -0.39 is 0 Å². The van der Waals surface area contributed by atoms with Crippen molar-refractivity contribution in [3.8, 4) is 0 Å². The first kappa shape index (κ1) is 29.4. The van der Waals surface area contributed by atoms with Crippen molar-refractivity contribution in [2.75, 3.05) is 53.1 Å². The fraction of sp³-hybridized carbons (Fsp3) is 0.324. The molecule has 3 aromatic carbocycles. The summed E-state index contributed by atoms with van der Waals surface area (Å²) in [6.07, 6.45) is 3.69. The number of nitrogens with one attached hydrogen (secondary N) is 1. The monoisotopic (exact) mass is 566 g/mol. The van der Waals surface area contributed by atoms with Crippen LogP contribution in [-0.2, 0) is 14.3 Å². The number of piperazine rings is 1. The Morgan fingerprint density at radius 3 is 2.29 bits per heavy atom. The van der Waals surface area contributed by atoms with Crippen molar-refractivity contribution in [3.05, 3.63) is 114 Å². The molecule has 1 saturated heterocycles. The van der Waals surface area contributed by atoms with E-state index >= 15 is 0 Å². The van der Waals surface area contributed by atoms with Crippen LogP contribution in [0, 0.1) is 0 Å². The largest absolute Gasteiger partial charge is 0.382 e. The molecule has 0 aliphatic carbocycles. The molecule has 0 saturated carbocycles. The molecule has 1 aromatic heterocycles. The number of ether oxygens (including phenoxy) is 2. The van der Waals surface area contributed by atoms with Crippen LogP contribution in [0.25, 0.3) is 10.8 Å². The molecule has 0 bridgehead atoms. The second-order valence-corrected chi connectivity index (χ2v) is 10.4. The van der Waals surface area contributed by atoms with Crippen LogP contribution in [0.2, 0.25) is 0 Å². The number of nitrogens with zero attached hydrogens (tertiary/aromatic N) is 3. The third kappa shape index (κ3) is 7.20. The Bertz CT molecular complexity index is 1410. The number of hydrogen-bond donors (Lipinski definition) is 1. The van der Waals surface area contributed by atoms with Gasteiger partial charge in [0.25, 0.3) is 5.91 Å². The summed E-state index contributed by atoms with van der Waals surface area (Å²) in [6.45, 7) is 3.43. The molecular formula is C34H38N4O4. The van der Waals surface area contributed by atoms with Crippen molar-refractivity contribution in [1.29, 1.82) is 0 Å². The number of hydrogen-bond acceptors (Lipinski definition) is 6. The third-order valence-electron chi connectivity index (χ3n) is 7.70. The number of carbonyl (C=O) groups is 2. The SMILES string of the molecule is COCCOCCNC(=O)CC1CN(C(=O)c2cncc3ccccc23)CCN1C(c1ccccc1)c1ccccc1. The van der Waals surface area contributed by atoms with Crippen molar-refractivity contribution in [2.24, 2.45) is 0 Å². The van der Waals surface area contributed by atoms with E-state index in [2.05, 4.69) is 39.5 Å². The number of amides is 2. The zero-order valence-electron chi connectivity index (χ0n) is 24.0. The lowest BCUT2D eigenvalue weighted by molar-refractivity contribution is -0.123. The van der Waals surface area contributed by atoms with Gasteiger partial charge in [-0.25, -0.2) is 0 Å². The molecule has 4 aromatic rings. The standard InChI is InChI=1S/C34H38N4O4/c1-41-20-21-42-19-16-36-32(39)22-29-25-37(34(40)31-24-35-23-28-14-8-9-15-30(28)31)17-18-38(29)33(26-10-4-2-5-11-26)27-12-6-3-7-13-27/h2-15,23-24,29,33H,16-22,25H2,1H3,(H,36,39). The van der Waals surface area contributed by atoms with Crippen LogP contribution in [0.1, 0.15) is 33.9 Å². The van der Waals surface area contributed by atoms with Gasteiger partial charge < -0.3 is 19.7 Å². The number of fused-ring (bicyclic) bond motifs is 1. The summed E-state index contributed by atoms with van der Waals surface area (Å²) in [5.41, 5.74) is 2.89. The lowest BCUT2D eigenvalue weighted by Crippen LogP contribution is -2.57. The van der Waals surface area contributed by atoms with Crippen LogP contribution in [0.15, 0.2) is 97.3 Å². The zero-order valence-corrected chi connectivity index (χ0v) is 24.0. The minimum Gasteiger partial charge on any atom is -0.382 e. The van der Waals surface area contributed by atoms with E-state index in [-0.39, 0.29) is 30.3 Å². The Kier molecular flexibility index (Phi) is 10.3. The van der Waals surface area contributed by atoms with E-state index in [1.54, 1.807) is 19.5 Å². The quantitative estimate of drug-likeness (QED) is 0.257. The molecule has 0 spiro atoms. The number of methoxy groups -OCH3 is 1. The fourth-order valence-electron chi connectivity index (χ4n) is 5.67. The van der Waals surface area contributed by atoms with Gasteiger partial charge in [-0.05, 0) is 16.5 Å². The number of carbonyl (C=O) groups excluding carboxylic acids is 2. The molecule has 0 radical (unpaired) electrons. The number of benzene rings is 3. The molecule has 42 heavy (non-hydrogen) atoms. The van der Waals surface area contributed by atoms with Gasteiger partial charge in [0.2, 0.25) is 5.91 Å². The zero-order chi connectivity index (χ0) is 29.1. The average Bonchev–Trinajstić information content (AvgIpc) is 3.04. The van der Waals surface area contributed by atoms with Crippen LogP contribution in [0.4, 0.5) is 0 Å². The minimum atomic E-state index is -0.203. The van der Waals surface area contributed by atoms with E-state index in [0.717, 1.165) is 21.9 Å². The van der Waals surface area contributed by atoms with Crippen molar-refractivity contribution >= 4 is 22.6 Å². The summed E-state index contributed by atoms with van der Waals surface area (Å²) >= 11 is 0. The number of aromatic nitrogens is 1. The van der Waals surface area contributed by atoms with Gasteiger partial charge in [0.05, 0.1) is 31.4 Å². The Balaban J connectivity index is 1.39. The second-order valence-electron chi connectivity index (χ2n) is 10.4. The summed E-state index contributed by atoms with van der Waals surface area (Å²) < 4.78 is 10.5. The summed E-state index contributed by atoms with van der Waals surface area (Å²) in [7, 11) is 1.63.